The van der Waals surface area contributed by atoms with Crippen LogP contribution in [0.25, 0.3) is 22.2 Å². The summed E-state index contributed by atoms with van der Waals surface area (Å²) in [5, 5.41) is 0. The van der Waals surface area contributed by atoms with Crippen LogP contribution in [0.4, 0.5) is 0 Å². The third-order valence-electron chi connectivity index (χ3n) is 2.83. The Morgan fingerprint density at radius 1 is 0.833 bits per heavy atom. The molecule has 3 nitrogen and oxygen atoms in total. The van der Waals surface area contributed by atoms with Gasteiger partial charge in [-0.15, -0.1) is 0 Å². The van der Waals surface area contributed by atoms with Gasteiger partial charge in [-0.25, -0.2) is 0 Å². The molecule has 0 aliphatic rings. The monoisotopic (exact) mass is 234 g/mol. The largest absolute Gasteiger partial charge is 0.298 e. The van der Waals surface area contributed by atoms with E-state index in [0.29, 0.717) is 5.56 Å². The molecule has 0 saturated heterocycles. The summed E-state index contributed by atoms with van der Waals surface area (Å²) in [6.07, 6.45) is 4.20. The zero-order valence-corrected chi connectivity index (χ0v) is 9.58. The van der Waals surface area contributed by atoms with Crippen LogP contribution in [0.1, 0.15) is 10.4 Å². The van der Waals surface area contributed by atoms with Crippen molar-refractivity contribution in [3.8, 4) is 11.1 Å². The summed E-state index contributed by atoms with van der Waals surface area (Å²) in [5.41, 5.74) is 4.44. The minimum Gasteiger partial charge on any atom is -0.298 e. The molecule has 86 valence electrons. The Balaban J connectivity index is 2.15. The predicted molar refractivity (Wildman–Crippen MR) is 70.4 cm³/mol. The summed E-state index contributed by atoms with van der Waals surface area (Å²) >= 11 is 0. The smallest absolute Gasteiger partial charge is 0.150 e. The molecule has 0 fully saturated rings. The second-order valence-electron chi connectivity index (χ2n) is 4.00. The van der Waals surface area contributed by atoms with E-state index in [4.69, 9.17) is 0 Å². The van der Waals surface area contributed by atoms with E-state index in [1.54, 1.807) is 18.5 Å². The van der Waals surface area contributed by atoms with E-state index in [-0.39, 0.29) is 0 Å². The Bertz CT molecular complexity index is 722. The zero-order valence-electron chi connectivity index (χ0n) is 9.58. The van der Waals surface area contributed by atoms with E-state index in [9.17, 15) is 4.79 Å². The van der Waals surface area contributed by atoms with Crippen molar-refractivity contribution in [2.45, 2.75) is 0 Å². The van der Waals surface area contributed by atoms with Gasteiger partial charge in [-0.2, -0.15) is 0 Å². The molecule has 18 heavy (non-hydrogen) atoms. The first-order valence-electron chi connectivity index (χ1n) is 5.63. The van der Waals surface area contributed by atoms with Gasteiger partial charge in [0.1, 0.15) is 6.29 Å². The average Bonchev–Trinajstić information content (AvgIpc) is 2.47. The third-order valence-corrected chi connectivity index (χ3v) is 2.83. The Hall–Kier alpha value is -2.55. The van der Waals surface area contributed by atoms with E-state index in [1.807, 2.05) is 36.4 Å². The van der Waals surface area contributed by atoms with E-state index in [2.05, 4.69) is 9.97 Å². The fourth-order valence-electron chi connectivity index (χ4n) is 1.93. The molecule has 0 bridgehead atoms. The molecule has 1 aromatic heterocycles. The van der Waals surface area contributed by atoms with Crippen molar-refractivity contribution < 1.29 is 4.79 Å². The molecular weight excluding hydrogens is 224 g/mol. The number of benzene rings is 2. The van der Waals surface area contributed by atoms with E-state index in [0.717, 1.165) is 28.4 Å². The van der Waals surface area contributed by atoms with Gasteiger partial charge in [0.05, 0.1) is 11.0 Å². The van der Waals surface area contributed by atoms with Crippen molar-refractivity contribution in [2.75, 3.05) is 0 Å². The van der Waals surface area contributed by atoms with Gasteiger partial charge in [0.2, 0.25) is 0 Å². The first kappa shape index (κ1) is 10.6. The molecule has 3 heteroatoms. The second kappa shape index (κ2) is 4.37. The summed E-state index contributed by atoms with van der Waals surface area (Å²) in [4.78, 5) is 19.3. The second-order valence-corrected chi connectivity index (χ2v) is 4.00. The van der Waals surface area contributed by atoms with Crippen molar-refractivity contribution in [1.29, 1.82) is 0 Å². The molecule has 0 radical (unpaired) electrons. The van der Waals surface area contributed by atoms with Crippen LogP contribution in [0.15, 0.2) is 54.9 Å². The number of hydrogen-bond donors (Lipinski definition) is 0. The van der Waals surface area contributed by atoms with Crippen molar-refractivity contribution in [1.82, 2.24) is 9.97 Å². The minimum absolute atomic E-state index is 0.673. The molecule has 0 aliphatic carbocycles. The Kier molecular flexibility index (Phi) is 2.57. The van der Waals surface area contributed by atoms with Gasteiger partial charge in [-0.3, -0.25) is 14.8 Å². The maximum atomic E-state index is 10.8. The summed E-state index contributed by atoms with van der Waals surface area (Å²) < 4.78 is 0. The molecule has 0 saturated carbocycles. The Morgan fingerprint density at radius 3 is 2.44 bits per heavy atom. The number of carbonyl (C=O) groups excluding carboxylic acids is 1. The van der Waals surface area contributed by atoms with Gasteiger partial charge < -0.3 is 0 Å². The maximum Gasteiger partial charge on any atom is 0.150 e. The molecule has 0 aliphatic heterocycles. The third kappa shape index (κ3) is 1.86. The molecule has 0 N–H and O–H groups in total. The van der Waals surface area contributed by atoms with Crippen LogP contribution in [0, 0.1) is 0 Å². The summed E-state index contributed by atoms with van der Waals surface area (Å²) in [6.45, 7) is 0. The number of nitrogens with zero attached hydrogens (tertiary/aromatic N) is 2. The van der Waals surface area contributed by atoms with E-state index in [1.165, 1.54) is 0 Å². The molecule has 0 unspecified atom stereocenters. The SMILES string of the molecule is O=Cc1cccc(-c2ccc3nccnc3c2)c1. The Morgan fingerprint density at radius 2 is 1.61 bits per heavy atom. The molecule has 3 aromatic rings. The molecule has 0 amide bonds. The summed E-state index contributed by atoms with van der Waals surface area (Å²) in [5.74, 6) is 0. The maximum absolute atomic E-state index is 10.8. The van der Waals surface area contributed by atoms with E-state index >= 15 is 0 Å². The number of rotatable bonds is 2. The number of fused-ring (bicyclic) bond motifs is 1. The highest BCUT2D eigenvalue weighted by Gasteiger charge is 2.01. The fraction of sp³-hybridized carbons (Fsp3) is 0. The summed E-state index contributed by atoms with van der Waals surface area (Å²) in [6, 6.07) is 13.4. The predicted octanol–water partition coefficient (Wildman–Crippen LogP) is 3.11. The first-order chi connectivity index (χ1) is 8.86. The molecule has 3 rings (SSSR count). The van der Waals surface area contributed by atoms with Crippen LogP contribution in [-0.2, 0) is 0 Å². The van der Waals surface area contributed by atoms with Crippen molar-refractivity contribution in [3.05, 3.63) is 60.4 Å². The lowest BCUT2D eigenvalue weighted by Gasteiger charge is -2.03. The van der Waals surface area contributed by atoms with Gasteiger partial charge in [0, 0.05) is 18.0 Å². The normalized spacial score (nSPS) is 10.4. The van der Waals surface area contributed by atoms with Crippen LogP contribution in [0.2, 0.25) is 0 Å². The summed E-state index contributed by atoms with van der Waals surface area (Å²) in [7, 11) is 0. The zero-order chi connectivity index (χ0) is 12.4. The van der Waals surface area contributed by atoms with Crippen LogP contribution < -0.4 is 0 Å². The van der Waals surface area contributed by atoms with Gasteiger partial charge in [0.25, 0.3) is 0 Å². The van der Waals surface area contributed by atoms with Crippen molar-refractivity contribution in [2.24, 2.45) is 0 Å². The lowest BCUT2D eigenvalue weighted by Crippen LogP contribution is -1.85. The van der Waals surface area contributed by atoms with Gasteiger partial charge in [-0.05, 0) is 29.3 Å². The molecular formula is C15H10N2O. The highest BCUT2D eigenvalue weighted by atomic mass is 16.1. The van der Waals surface area contributed by atoms with Crippen LogP contribution in [0.5, 0.6) is 0 Å². The van der Waals surface area contributed by atoms with E-state index < -0.39 is 0 Å². The van der Waals surface area contributed by atoms with Crippen LogP contribution >= 0.6 is 0 Å². The molecule has 0 spiro atoms. The lowest BCUT2D eigenvalue weighted by molar-refractivity contribution is 0.112. The lowest BCUT2D eigenvalue weighted by atomic mass is 10.0. The van der Waals surface area contributed by atoms with Crippen LogP contribution in [-0.4, -0.2) is 16.3 Å². The standard InChI is InChI=1S/C15H10N2O/c18-10-11-2-1-3-12(8-11)13-4-5-14-15(9-13)17-7-6-16-14/h1-10H. The highest BCUT2D eigenvalue weighted by Crippen LogP contribution is 2.22. The fourth-order valence-corrected chi connectivity index (χ4v) is 1.93. The molecule has 0 atom stereocenters. The first-order valence-corrected chi connectivity index (χ1v) is 5.63. The van der Waals surface area contributed by atoms with Crippen LogP contribution in [0.3, 0.4) is 0 Å². The topological polar surface area (TPSA) is 42.9 Å². The number of aromatic nitrogens is 2. The van der Waals surface area contributed by atoms with Gasteiger partial charge in [-0.1, -0.05) is 24.3 Å². The quantitative estimate of drug-likeness (QED) is 0.640. The minimum atomic E-state index is 0.673. The number of aldehydes is 1. The van der Waals surface area contributed by atoms with Gasteiger partial charge >= 0.3 is 0 Å². The van der Waals surface area contributed by atoms with Gasteiger partial charge in [0.15, 0.2) is 0 Å². The Labute approximate surface area is 104 Å². The molecule has 2 aromatic carbocycles. The van der Waals surface area contributed by atoms with Crippen molar-refractivity contribution >= 4 is 17.3 Å². The molecule has 1 heterocycles. The highest BCUT2D eigenvalue weighted by molar-refractivity contribution is 5.83. The number of carbonyl (C=O) groups is 1. The number of hydrogen-bond acceptors (Lipinski definition) is 3. The van der Waals surface area contributed by atoms with Crippen molar-refractivity contribution in [3.63, 3.8) is 0 Å². The average molecular weight is 234 g/mol.